The van der Waals surface area contributed by atoms with Crippen LogP contribution in [0.5, 0.6) is 0 Å². The van der Waals surface area contributed by atoms with Crippen LogP contribution in [0.4, 0.5) is 0 Å². The number of allylic oxidation sites excluding steroid dienone is 2. The fourth-order valence-electron chi connectivity index (χ4n) is 3.31. The summed E-state index contributed by atoms with van der Waals surface area (Å²) in [5.74, 6) is 1.55. The highest BCUT2D eigenvalue weighted by Gasteiger charge is 2.49. The monoisotopic (exact) mass is 206 g/mol. The summed E-state index contributed by atoms with van der Waals surface area (Å²) in [5, 5.41) is 0. The summed E-state index contributed by atoms with van der Waals surface area (Å²) >= 11 is 0. The van der Waals surface area contributed by atoms with Gasteiger partial charge in [0.15, 0.2) is 0 Å². The van der Waals surface area contributed by atoms with Gasteiger partial charge in [-0.2, -0.15) is 0 Å². The quantitative estimate of drug-likeness (QED) is 0.552. The Balaban J connectivity index is 2.12. The Hall–Kier alpha value is -0.590. The molecule has 0 radical (unpaired) electrons. The number of hydrogen-bond donors (Lipinski definition) is 0. The van der Waals surface area contributed by atoms with Gasteiger partial charge in [0.25, 0.3) is 0 Å². The fraction of sp³-hybridized carbons (Fsp3) is 0.786. The molecule has 15 heavy (non-hydrogen) atoms. The van der Waals surface area contributed by atoms with Crippen molar-refractivity contribution in [3.05, 3.63) is 11.6 Å². The van der Waals surface area contributed by atoms with E-state index in [4.69, 9.17) is 0 Å². The van der Waals surface area contributed by atoms with Gasteiger partial charge in [0.05, 0.1) is 0 Å². The molecule has 1 nitrogen and oxygen atoms in total. The normalized spacial score (nSPS) is 35.4. The Morgan fingerprint density at radius 2 is 2.07 bits per heavy atom. The minimum atomic E-state index is 0.388. The van der Waals surface area contributed by atoms with Gasteiger partial charge in [-0.3, -0.25) is 4.79 Å². The minimum Gasteiger partial charge on any atom is -0.299 e. The van der Waals surface area contributed by atoms with E-state index in [-0.39, 0.29) is 0 Å². The van der Waals surface area contributed by atoms with E-state index in [1.807, 2.05) is 0 Å². The highest BCUT2D eigenvalue weighted by atomic mass is 16.1. The van der Waals surface area contributed by atoms with Crippen molar-refractivity contribution in [3.63, 3.8) is 0 Å². The third-order valence-electron chi connectivity index (χ3n) is 4.38. The number of hydrogen-bond acceptors (Lipinski definition) is 1. The Morgan fingerprint density at radius 3 is 2.73 bits per heavy atom. The average Bonchev–Trinajstić information content (AvgIpc) is 2.18. The minimum absolute atomic E-state index is 0.388. The number of fused-ring (bicyclic) bond motifs is 1. The zero-order valence-electron chi connectivity index (χ0n) is 10.2. The topological polar surface area (TPSA) is 17.1 Å². The van der Waals surface area contributed by atoms with Crippen molar-refractivity contribution >= 4 is 5.78 Å². The van der Waals surface area contributed by atoms with Crippen LogP contribution in [0.25, 0.3) is 0 Å². The van der Waals surface area contributed by atoms with E-state index < -0.39 is 0 Å². The van der Waals surface area contributed by atoms with Gasteiger partial charge in [0.1, 0.15) is 5.78 Å². The molecule has 0 aromatic carbocycles. The van der Waals surface area contributed by atoms with Gasteiger partial charge in [-0.1, -0.05) is 25.5 Å². The summed E-state index contributed by atoms with van der Waals surface area (Å²) in [5.41, 5.74) is 1.89. The molecule has 0 aliphatic heterocycles. The highest BCUT2D eigenvalue weighted by Crippen LogP contribution is 2.54. The second kappa shape index (κ2) is 3.77. The number of carbonyl (C=O) groups is 1. The van der Waals surface area contributed by atoms with Crippen LogP contribution in [0.15, 0.2) is 11.6 Å². The molecule has 84 valence electrons. The standard InChI is InChI=1S/C14H22O/c1-10-5-4-6-13(15)11-9-14(2,3)12(11)8-7-10/h5,11-12H,4,6-9H2,1-3H3. The largest absolute Gasteiger partial charge is 0.299 e. The van der Waals surface area contributed by atoms with E-state index >= 15 is 0 Å². The fourth-order valence-corrected chi connectivity index (χ4v) is 3.31. The molecule has 0 aromatic rings. The van der Waals surface area contributed by atoms with Crippen molar-refractivity contribution in [2.45, 2.75) is 52.9 Å². The molecule has 0 bridgehead atoms. The molecular formula is C14H22O. The van der Waals surface area contributed by atoms with Gasteiger partial charge in [-0.15, -0.1) is 0 Å². The van der Waals surface area contributed by atoms with Gasteiger partial charge in [0, 0.05) is 12.3 Å². The van der Waals surface area contributed by atoms with Crippen LogP contribution in [0.2, 0.25) is 0 Å². The molecule has 1 heteroatoms. The van der Waals surface area contributed by atoms with Crippen molar-refractivity contribution in [2.75, 3.05) is 0 Å². The van der Waals surface area contributed by atoms with Crippen molar-refractivity contribution < 1.29 is 4.79 Å². The molecule has 2 aliphatic rings. The molecule has 2 atom stereocenters. The van der Waals surface area contributed by atoms with E-state index in [0.717, 1.165) is 19.3 Å². The number of ketones is 1. The number of rotatable bonds is 0. The van der Waals surface area contributed by atoms with Gasteiger partial charge >= 0.3 is 0 Å². The first-order valence-electron chi connectivity index (χ1n) is 6.19. The van der Waals surface area contributed by atoms with Crippen LogP contribution in [-0.4, -0.2) is 5.78 Å². The first-order chi connectivity index (χ1) is 7.00. The van der Waals surface area contributed by atoms with Gasteiger partial charge in [-0.05, 0) is 43.9 Å². The van der Waals surface area contributed by atoms with Gasteiger partial charge in [0.2, 0.25) is 0 Å². The highest BCUT2D eigenvalue weighted by molar-refractivity contribution is 5.82. The SMILES string of the molecule is CC1=CCCC(=O)C2CC(C)(C)C2CC1. The lowest BCUT2D eigenvalue weighted by molar-refractivity contribution is -0.136. The molecule has 0 spiro atoms. The third-order valence-corrected chi connectivity index (χ3v) is 4.38. The molecule has 2 unspecified atom stereocenters. The van der Waals surface area contributed by atoms with Crippen molar-refractivity contribution in [1.82, 2.24) is 0 Å². The predicted molar refractivity (Wildman–Crippen MR) is 62.6 cm³/mol. The average molecular weight is 206 g/mol. The Bertz CT molecular complexity index is 298. The van der Waals surface area contributed by atoms with E-state index in [1.54, 1.807) is 0 Å². The lowest BCUT2D eigenvalue weighted by Gasteiger charge is -2.51. The molecule has 0 amide bonds. The van der Waals surface area contributed by atoms with Crippen molar-refractivity contribution in [1.29, 1.82) is 0 Å². The summed E-state index contributed by atoms with van der Waals surface area (Å²) in [4.78, 5) is 11.9. The van der Waals surface area contributed by atoms with Gasteiger partial charge in [-0.25, -0.2) is 0 Å². The molecule has 2 rings (SSSR count). The summed E-state index contributed by atoms with van der Waals surface area (Å²) in [6, 6.07) is 0. The Morgan fingerprint density at radius 1 is 1.33 bits per heavy atom. The second-order valence-electron chi connectivity index (χ2n) is 6.00. The first-order valence-corrected chi connectivity index (χ1v) is 6.19. The molecule has 1 fully saturated rings. The zero-order chi connectivity index (χ0) is 11.1. The van der Waals surface area contributed by atoms with Crippen LogP contribution in [-0.2, 0) is 4.79 Å². The lowest BCUT2D eigenvalue weighted by Crippen LogP contribution is -2.47. The lowest BCUT2D eigenvalue weighted by atomic mass is 9.53. The molecule has 0 aromatic heterocycles. The number of carbonyl (C=O) groups excluding carboxylic acids is 1. The summed E-state index contributed by atoms with van der Waals surface area (Å²) in [6.07, 6.45) is 7.53. The molecule has 2 aliphatic carbocycles. The molecule has 1 saturated carbocycles. The Kier molecular flexibility index (Phi) is 2.74. The van der Waals surface area contributed by atoms with Crippen LogP contribution in [0.3, 0.4) is 0 Å². The smallest absolute Gasteiger partial charge is 0.136 e. The van der Waals surface area contributed by atoms with Crippen LogP contribution in [0, 0.1) is 17.3 Å². The van der Waals surface area contributed by atoms with Crippen LogP contribution < -0.4 is 0 Å². The summed E-state index contributed by atoms with van der Waals surface area (Å²) in [6.45, 7) is 6.84. The maximum Gasteiger partial charge on any atom is 0.136 e. The van der Waals surface area contributed by atoms with Crippen molar-refractivity contribution in [3.8, 4) is 0 Å². The summed E-state index contributed by atoms with van der Waals surface area (Å²) < 4.78 is 0. The third kappa shape index (κ3) is 2.02. The van der Waals surface area contributed by atoms with Gasteiger partial charge < -0.3 is 0 Å². The first kappa shape index (κ1) is 10.9. The maximum atomic E-state index is 11.9. The van der Waals surface area contributed by atoms with E-state index in [0.29, 0.717) is 23.0 Å². The molecular weight excluding hydrogens is 184 g/mol. The van der Waals surface area contributed by atoms with Crippen molar-refractivity contribution in [2.24, 2.45) is 17.3 Å². The summed E-state index contributed by atoms with van der Waals surface area (Å²) in [7, 11) is 0. The zero-order valence-corrected chi connectivity index (χ0v) is 10.2. The van der Waals surface area contributed by atoms with E-state index in [2.05, 4.69) is 26.8 Å². The molecule has 0 N–H and O–H groups in total. The molecule has 0 heterocycles. The van der Waals surface area contributed by atoms with Crippen LogP contribution >= 0.6 is 0 Å². The predicted octanol–water partition coefficient (Wildman–Crippen LogP) is 3.74. The van der Waals surface area contributed by atoms with E-state index in [9.17, 15) is 4.79 Å². The maximum absolute atomic E-state index is 11.9. The van der Waals surface area contributed by atoms with Crippen LogP contribution in [0.1, 0.15) is 52.9 Å². The molecule has 0 saturated heterocycles. The number of Topliss-reactive ketones (excluding diaryl/α,β-unsaturated/α-hetero) is 1. The van der Waals surface area contributed by atoms with E-state index in [1.165, 1.54) is 18.4 Å². The Labute approximate surface area is 92.9 Å². The second-order valence-corrected chi connectivity index (χ2v) is 6.00.